The zero-order valence-electron chi connectivity index (χ0n) is 13.7. The molecule has 0 N–H and O–H groups in total. The van der Waals surface area contributed by atoms with E-state index in [9.17, 15) is 10.1 Å². The van der Waals surface area contributed by atoms with Crippen molar-refractivity contribution in [3.05, 3.63) is 59.1 Å². The first-order valence-corrected chi connectivity index (χ1v) is 8.66. The number of aromatic nitrogens is 4. The van der Waals surface area contributed by atoms with E-state index < -0.39 is 4.92 Å². The lowest BCUT2D eigenvalue weighted by molar-refractivity contribution is -0.383. The molecule has 4 rings (SSSR count). The van der Waals surface area contributed by atoms with Gasteiger partial charge in [0.05, 0.1) is 16.6 Å². The second kappa shape index (κ2) is 6.60. The highest BCUT2D eigenvalue weighted by Gasteiger charge is 2.19. The Kier molecular flexibility index (Phi) is 4.13. The van der Waals surface area contributed by atoms with Crippen LogP contribution in [0.3, 0.4) is 0 Å². The minimum atomic E-state index is -0.401. The van der Waals surface area contributed by atoms with E-state index in [1.807, 2.05) is 17.6 Å². The van der Waals surface area contributed by atoms with E-state index in [1.165, 1.54) is 24.0 Å². The summed E-state index contributed by atoms with van der Waals surface area (Å²) in [6, 6.07) is 8.62. The Labute approximate surface area is 152 Å². The number of nitro groups is 1. The zero-order chi connectivity index (χ0) is 18.1. The standard InChI is InChI=1S/C17H13N5O3S/c1-2-21-16(14-4-3-9-25-14)19-20-17(21)26-15-6-5-13(22(23)24)12-10-18-8-7-11(12)15/h3-10H,2H2,1H3. The van der Waals surface area contributed by atoms with Gasteiger partial charge in [-0.1, -0.05) is 0 Å². The third-order valence-corrected chi connectivity index (χ3v) is 4.99. The molecule has 0 saturated carbocycles. The van der Waals surface area contributed by atoms with Crippen LogP contribution in [0.25, 0.3) is 22.4 Å². The van der Waals surface area contributed by atoms with Gasteiger partial charge in [-0.25, -0.2) is 0 Å². The molecule has 0 unspecified atom stereocenters. The van der Waals surface area contributed by atoms with E-state index in [-0.39, 0.29) is 5.69 Å². The van der Waals surface area contributed by atoms with Crippen LogP contribution < -0.4 is 0 Å². The van der Waals surface area contributed by atoms with Crippen LogP contribution in [0.4, 0.5) is 5.69 Å². The number of furan rings is 1. The lowest BCUT2D eigenvalue weighted by Crippen LogP contribution is -1.99. The number of nitro benzene ring substituents is 1. The summed E-state index contributed by atoms with van der Waals surface area (Å²) >= 11 is 1.40. The molecule has 0 radical (unpaired) electrons. The Morgan fingerprint density at radius 2 is 2.12 bits per heavy atom. The summed E-state index contributed by atoms with van der Waals surface area (Å²) < 4.78 is 7.36. The molecule has 0 amide bonds. The second-order valence-corrected chi connectivity index (χ2v) is 6.40. The van der Waals surface area contributed by atoms with Gasteiger partial charge in [-0.15, -0.1) is 10.2 Å². The van der Waals surface area contributed by atoms with Crippen molar-refractivity contribution in [2.75, 3.05) is 0 Å². The molecule has 3 heterocycles. The Bertz CT molecular complexity index is 1090. The Morgan fingerprint density at radius 1 is 1.23 bits per heavy atom. The fourth-order valence-corrected chi connectivity index (χ4v) is 3.76. The highest BCUT2D eigenvalue weighted by Crippen LogP contribution is 2.37. The minimum absolute atomic E-state index is 0.0330. The van der Waals surface area contributed by atoms with Crippen molar-refractivity contribution < 1.29 is 9.34 Å². The number of rotatable bonds is 5. The molecule has 0 saturated heterocycles. The van der Waals surface area contributed by atoms with Crippen LogP contribution in [0.5, 0.6) is 0 Å². The van der Waals surface area contributed by atoms with Gasteiger partial charge in [0.1, 0.15) is 0 Å². The largest absolute Gasteiger partial charge is 0.461 e. The molecule has 0 aliphatic rings. The van der Waals surface area contributed by atoms with E-state index in [0.717, 1.165) is 10.3 Å². The van der Waals surface area contributed by atoms with Gasteiger partial charge in [0.15, 0.2) is 16.7 Å². The van der Waals surface area contributed by atoms with Gasteiger partial charge in [-0.05, 0) is 43.0 Å². The molecular formula is C17H13N5O3S. The molecule has 0 atom stereocenters. The molecule has 0 fully saturated rings. The number of nitrogens with zero attached hydrogens (tertiary/aromatic N) is 5. The monoisotopic (exact) mass is 367 g/mol. The van der Waals surface area contributed by atoms with E-state index in [0.29, 0.717) is 28.7 Å². The SMILES string of the molecule is CCn1c(Sc2ccc([N+](=O)[O-])c3cnccc23)nnc1-c1ccco1. The molecule has 9 heteroatoms. The molecule has 4 aromatic rings. The van der Waals surface area contributed by atoms with Gasteiger partial charge in [-0.2, -0.15) is 0 Å². The van der Waals surface area contributed by atoms with E-state index in [4.69, 9.17) is 4.42 Å². The molecule has 0 aliphatic heterocycles. The first-order valence-electron chi connectivity index (χ1n) is 7.85. The van der Waals surface area contributed by atoms with Gasteiger partial charge in [-0.3, -0.25) is 19.7 Å². The van der Waals surface area contributed by atoms with Crippen molar-refractivity contribution in [3.63, 3.8) is 0 Å². The van der Waals surface area contributed by atoms with Crippen LogP contribution in [0.2, 0.25) is 0 Å². The fraction of sp³-hybridized carbons (Fsp3) is 0.118. The Morgan fingerprint density at radius 3 is 2.85 bits per heavy atom. The average Bonchev–Trinajstić information content (AvgIpc) is 3.30. The summed E-state index contributed by atoms with van der Waals surface area (Å²) in [6.07, 6.45) is 4.72. The molecule has 0 spiro atoms. The fourth-order valence-electron chi connectivity index (χ4n) is 2.73. The summed E-state index contributed by atoms with van der Waals surface area (Å²) in [5.74, 6) is 1.29. The van der Waals surface area contributed by atoms with Crippen molar-refractivity contribution in [1.29, 1.82) is 0 Å². The van der Waals surface area contributed by atoms with E-state index in [1.54, 1.807) is 30.7 Å². The molecule has 8 nitrogen and oxygen atoms in total. The first-order chi connectivity index (χ1) is 12.7. The number of non-ortho nitro benzene ring substituents is 1. The molecule has 3 aromatic heterocycles. The molecular weight excluding hydrogens is 354 g/mol. The van der Waals surface area contributed by atoms with Crippen LogP contribution in [-0.2, 0) is 6.54 Å². The highest BCUT2D eigenvalue weighted by molar-refractivity contribution is 7.99. The normalized spacial score (nSPS) is 11.1. The number of hydrogen-bond acceptors (Lipinski definition) is 7. The van der Waals surface area contributed by atoms with E-state index >= 15 is 0 Å². The molecule has 0 aliphatic carbocycles. The minimum Gasteiger partial charge on any atom is -0.461 e. The van der Waals surface area contributed by atoms with Crippen molar-refractivity contribution >= 4 is 28.2 Å². The molecule has 1 aromatic carbocycles. The Hall–Kier alpha value is -3.20. The van der Waals surface area contributed by atoms with Crippen LogP contribution >= 0.6 is 11.8 Å². The third-order valence-electron chi connectivity index (χ3n) is 3.93. The summed E-state index contributed by atoms with van der Waals surface area (Å²) in [5, 5.41) is 21.7. The van der Waals surface area contributed by atoms with E-state index in [2.05, 4.69) is 15.2 Å². The maximum absolute atomic E-state index is 11.3. The quantitative estimate of drug-likeness (QED) is 0.385. The summed E-state index contributed by atoms with van der Waals surface area (Å²) in [4.78, 5) is 15.7. The van der Waals surface area contributed by atoms with Crippen molar-refractivity contribution in [2.45, 2.75) is 23.5 Å². The third kappa shape index (κ3) is 2.72. The summed E-state index contributed by atoms with van der Waals surface area (Å²) in [6.45, 7) is 2.66. The predicted molar refractivity (Wildman–Crippen MR) is 95.9 cm³/mol. The van der Waals surface area contributed by atoms with Crippen LogP contribution in [0.15, 0.2) is 63.5 Å². The van der Waals surface area contributed by atoms with Gasteiger partial charge >= 0.3 is 0 Å². The van der Waals surface area contributed by atoms with Crippen LogP contribution in [-0.4, -0.2) is 24.7 Å². The summed E-state index contributed by atoms with van der Waals surface area (Å²) in [5.41, 5.74) is 0.0330. The van der Waals surface area contributed by atoms with Crippen molar-refractivity contribution in [1.82, 2.24) is 19.7 Å². The number of pyridine rings is 1. The van der Waals surface area contributed by atoms with Crippen LogP contribution in [0.1, 0.15) is 6.92 Å². The molecule has 26 heavy (non-hydrogen) atoms. The summed E-state index contributed by atoms with van der Waals surface area (Å²) in [7, 11) is 0. The van der Waals surface area contributed by atoms with Gasteiger partial charge < -0.3 is 4.42 Å². The van der Waals surface area contributed by atoms with Gasteiger partial charge in [0.25, 0.3) is 5.69 Å². The average molecular weight is 367 g/mol. The topological polar surface area (TPSA) is 99.9 Å². The second-order valence-electron chi connectivity index (χ2n) is 5.39. The predicted octanol–water partition coefficient (Wildman–Crippen LogP) is 4.17. The molecule has 0 bridgehead atoms. The lowest BCUT2D eigenvalue weighted by atomic mass is 10.1. The lowest BCUT2D eigenvalue weighted by Gasteiger charge is -2.08. The van der Waals surface area contributed by atoms with Gasteiger partial charge in [0.2, 0.25) is 0 Å². The highest BCUT2D eigenvalue weighted by atomic mass is 32.2. The Balaban J connectivity index is 1.79. The first kappa shape index (κ1) is 16.3. The smallest absolute Gasteiger partial charge is 0.278 e. The molecule has 130 valence electrons. The van der Waals surface area contributed by atoms with Gasteiger partial charge in [0, 0.05) is 35.3 Å². The van der Waals surface area contributed by atoms with Crippen molar-refractivity contribution in [3.8, 4) is 11.6 Å². The number of benzene rings is 1. The maximum Gasteiger partial charge on any atom is 0.278 e. The van der Waals surface area contributed by atoms with Crippen molar-refractivity contribution in [2.24, 2.45) is 0 Å². The zero-order valence-corrected chi connectivity index (χ0v) is 14.5. The number of fused-ring (bicyclic) bond motifs is 1. The number of hydrogen-bond donors (Lipinski definition) is 0. The van der Waals surface area contributed by atoms with Crippen LogP contribution in [0, 0.1) is 10.1 Å². The maximum atomic E-state index is 11.3.